The molecule has 0 aliphatic carbocycles. The average molecular weight is 300 g/mol. The monoisotopic (exact) mass is 300 g/mol. The summed E-state index contributed by atoms with van der Waals surface area (Å²) < 4.78 is 10.5. The Morgan fingerprint density at radius 1 is 1.10 bits per heavy atom. The molecule has 1 heterocycles. The Kier molecular flexibility index (Phi) is 4.76. The van der Waals surface area contributed by atoms with E-state index in [4.69, 9.17) is 19.7 Å². The zero-order valence-electron chi connectivity index (χ0n) is 10.9. The molecule has 1 aromatic rings. The van der Waals surface area contributed by atoms with Crippen LogP contribution in [0.2, 0.25) is 0 Å². The fourth-order valence-corrected chi connectivity index (χ4v) is 1.97. The van der Waals surface area contributed by atoms with E-state index in [9.17, 15) is 20.1 Å². The first-order valence-electron chi connectivity index (χ1n) is 6.24. The van der Waals surface area contributed by atoms with Crippen molar-refractivity contribution < 1.29 is 39.8 Å². The van der Waals surface area contributed by atoms with Gasteiger partial charge in [-0.25, -0.2) is 4.79 Å². The molecule has 1 aromatic carbocycles. The minimum atomic E-state index is -1.53. The summed E-state index contributed by atoms with van der Waals surface area (Å²) in [5.41, 5.74) is 0.0659. The third-order valence-corrected chi connectivity index (χ3v) is 3.20. The SMILES string of the molecule is O=C(O)c1ccc(O[C@@H]2O[C@H](CO)[C@@H](O)[C@H](O)[C@H]2O)cc1. The average Bonchev–Trinajstić information content (AvgIpc) is 2.48. The first kappa shape index (κ1) is 15.7. The molecule has 8 nitrogen and oxygen atoms in total. The Morgan fingerprint density at radius 2 is 1.71 bits per heavy atom. The largest absolute Gasteiger partial charge is 0.478 e. The predicted octanol–water partition coefficient (Wildman–Crippen LogP) is -1.44. The number of aliphatic hydroxyl groups is 4. The van der Waals surface area contributed by atoms with Crippen molar-refractivity contribution in [1.29, 1.82) is 0 Å². The summed E-state index contributed by atoms with van der Waals surface area (Å²) in [7, 11) is 0. The van der Waals surface area contributed by atoms with Gasteiger partial charge < -0.3 is 35.0 Å². The van der Waals surface area contributed by atoms with Gasteiger partial charge >= 0.3 is 5.97 Å². The fraction of sp³-hybridized carbons (Fsp3) is 0.462. The van der Waals surface area contributed by atoms with E-state index < -0.39 is 43.3 Å². The van der Waals surface area contributed by atoms with Gasteiger partial charge in [0.05, 0.1) is 12.2 Å². The van der Waals surface area contributed by atoms with Gasteiger partial charge in [0, 0.05) is 0 Å². The normalized spacial score (nSPS) is 32.7. The third-order valence-electron chi connectivity index (χ3n) is 3.20. The fourth-order valence-electron chi connectivity index (χ4n) is 1.97. The molecule has 1 aliphatic heterocycles. The van der Waals surface area contributed by atoms with Crippen LogP contribution in [0.3, 0.4) is 0 Å². The van der Waals surface area contributed by atoms with E-state index in [1.165, 1.54) is 24.3 Å². The molecule has 0 bridgehead atoms. The van der Waals surface area contributed by atoms with Crippen molar-refractivity contribution >= 4 is 5.97 Å². The summed E-state index contributed by atoms with van der Waals surface area (Å²) in [6.07, 6.45) is -6.86. The zero-order valence-corrected chi connectivity index (χ0v) is 10.9. The highest BCUT2D eigenvalue weighted by atomic mass is 16.7. The number of hydrogen-bond acceptors (Lipinski definition) is 7. The molecule has 0 amide bonds. The van der Waals surface area contributed by atoms with Gasteiger partial charge in [-0.1, -0.05) is 0 Å². The van der Waals surface area contributed by atoms with Gasteiger partial charge in [-0.05, 0) is 24.3 Å². The minimum absolute atomic E-state index is 0.0659. The Hall–Kier alpha value is -1.71. The molecule has 21 heavy (non-hydrogen) atoms. The molecule has 0 unspecified atom stereocenters. The summed E-state index contributed by atoms with van der Waals surface area (Å²) in [5, 5.41) is 46.9. The number of benzene rings is 1. The Morgan fingerprint density at radius 3 is 2.24 bits per heavy atom. The van der Waals surface area contributed by atoms with Crippen LogP contribution < -0.4 is 4.74 Å². The van der Waals surface area contributed by atoms with Gasteiger partial charge in [-0.2, -0.15) is 0 Å². The van der Waals surface area contributed by atoms with Gasteiger partial charge in [0.25, 0.3) is 0 Å². The maximum atomic E-state index is 10.7. The lowest BCUT2D eigenvalue weighted by Crippen LogP contribution is -2.60. The number of carbonyl (C=O) groups is 1. The smallest absolute Gasteiger partial charge is 0.335 e. The molecule has 116 valence electrons. The van der Waals surface area contributed by atoms with E-state index in [0.717, 1.165) is 0 Å². The van der Waals surface area contributed by atoms with Crippen molar-refractivity contribution in [3.63, 3.8) is 0 Å². The standard InChI is InChI=1S/C13H16O8/c14-5-8-9(15)10(16)11(17)13(21-8)20-7-3-1-6(2-4-7)12(18)19/h1-4,8-11,13-17H,5H2,(H,18,19)/t8-,9-,10+,11-,13-/m1/s1. The van der Waals surface area contributed by atoms with Crippen LogP contribution in [0, 0.1) is 0 Å². The van der Waals surface area contributed by atoms with Crippen LogP contribution in [0.5, 0.6) is 5.75 Å². The number of aliphatic hydroxyl groups excluding tert-OH is 4. The van der Waals surface area contributed by atoms with Gasteiger partial charge in [-0.3, -0.25) is 0 Å². The van der Waals surface area contributed by atoms with Crippen molar-refractivity contribution in [2.24, 2.45) is 0 Å². The van der Waals surface area contributed by atoms with Gasteiger partial charge in [0.2, 0.25) is 6.29 Å². The lowest BCUT2D eigenvalue weighted by Gasteiger charge is -2.39. The molecule has 0 radical (unpaired) electrons. The minimum Gasteiger partial charge on any atom is -0.478 e. The van der Waals surface area contributed by atoms with Crippen LogP contribution >= 0.6 is 0 Å². The van der Waals surface area contributed by atoms with Gasteiger partial charge in [0.1, 0.15) is 30.2 Å². The van der Waals surface area contributed by atoms with E-state index in [-0.39, 0.29) is 11.3 Å². The molecule has 0 spiro atoms. The second-order valence-electron chi connectivity index (χ2n) is 4.64. The van der Waals surface area contributed by atoms with Crippen LogP contribution in [0.1, 0.15) is 10.4 Å². The summed E-state index contributed by atoms with van der Waals surface area (Å²) in [5.74, 6) is -0.876. The van der Waals surface area contributed by atoms with Crippen molar-refractivity contribution in [1.82, 2.24) is 0 Å². The molecule has 1 fully saturated rings. The molecular weight excluding hydrogens is 284 g/mol. The second kappa shape index (κ2) is 6.37. The predicted molar refractivity (Wildman–Crippen MR) is 67.8 cm³/mol. The van der Waals surface area contributed by atoms with Crippen LogP contribution in [0.25, 0.3) is 0 Å². The van der Waals surface area contributed by atoms with Crippen LogP contribution in [0.4, 0.5) is 0 Å². The topological polar surface area (TPSA) is 137 Å². The summed E-state index contributed by atoms with van der Waals surface area (Å²) in [6, 6.07) is 5.35. The number of aromatic carboxylic acids is 1. The van der Waals surface area contributed by atoms with Crippen molar-refractivity contribution in [2.45, 2.75) is 30.7 Å². The highest BCUT2D eigenvalue weighted by Gasteiger charge is 2.44. The van der Waals surface area contributed by atoms with E-state index in [1.54, 1.807) is 0 Å². The van der Waals surface area contributed by atoms with E-state index in [2.05, 4.69) is 0 Å². The number of rotatable bonds is 4. The van der Waals surface area contributed by atoms with Crippen LogP contribution in [-0.2, 0) is 4.74 Å². The summed E-state index contributed by atoms with van der Waals surface area (Å²) in [6.45, 7) is -0.553. The second-order valence-corrected chi connectivity index (χ2v) is 4.64. The van der Waals surface area contributed by atoms with Crippen LogP contribution in [0.15, 0.2) is 24.3 Å². The van der Waals surface area contributed by atoms with Crippen molar-refractivity contribution in [2.75, 3.05) is 6.61 Å². The zero-order chi connectivity index (χ0) is 15.6. The van der Waals surface area contributed by atoms with Gasteiger partial charge in [-0.15, -0.1) is 0 Å². The Balaban J connectivity index is 2.08. The Bertz CT molecular complexity index is 485. The third kappa shape index (κ3) is 3.31. The van der Waals surface area contributed by atoms with Gasteiger partial charge in [0.15, 0.2) is 0 Å². The van der Waals surface area contributed by atoms with Crippen molar-refractivity contribution in [3.8, 4) is 5.75 Å². The maximum absolute atomic E-state index is 10.7. The molecular formula is C13H16O8. The number of ether oxygens (including phenoxy) is 2. The highest BCUT2D eigenvalue weighted by Crippen LogP contribution is 2.24. The molecule has 0 saturated carbocycles. The number of hydrogen-bond donors (Lipinski definition) is 5. The van der Waals surface area contributed by atoms with E-state index in [1.807, 2.05) is 0 Å². The first-order chi connectivity index (χ1) is 9.93. The lowest BCUT2D eigenvalue weighted by molar-refractivity contribution is -0.277. The molecule has 5 N–H and O–H groups in total. The van der Waals surface area contributed by atoms with Crippen molar-refractivity contribution in [3.05, 3.63) is 29.8 Å². The highest BCUT2D eigenvalue weighted by molar-refractivity contribution is 5.87. The first-order valence-corrected chi connectivity index (χ1v) is 6.24. The van der Waals surface area contributed by atoms with E-state index in [0.29, 0.717) is 0 Å². The maximum Gasteiger partial charge on any atom is 0.335 e. The van der Waals surface area contributed by atoms with Crippen LogP contribution in [-0.4, -0.2) is 68.8 Å². The molecule has 8 heteroatoms. The summed E-state index contributed by atoms with van der Waals surface area (Å²) >= 11 is 0. The molecule has 0 aromatic heterocycles. The lowest BCUT2D eigenvalue weighted by atomic mass is 9.99. The summed E-state index contributed by atoms with van der Waals surface area (Å²) in [4.78, 5) is 10.7. The molecule has 1 saturated heterocycles. The number of carboxylic acid groups (broad SMARTS) is 1. The molecule has 5 atom stereocenters. The molecule has 1 aliphatic rings. The number of carboxylic acids is 1. The quantitative estimate of drug-likeness (QED) is 0.456. The van der Waals surface area contributed by atoms with E-state index >= 15 is 0 Å². The molecule has 2 rings (SSSR count). The Labute approximate surface area is 119 Å².